The van der Waals surface area contributed by atoms with E-state index in [4.69, 9.17) is 0 Å². The number of hydrogen-bond acceptors (Lipinski definition) is 7. The molecule has 0 fully saturated rings. The fraction of sp³-hybridized carbons (Fsp3) is 0.347. The summed E-state index contributed by atoms with van der Waals surface area (Å²) in [5.41, 5.74) is 7.10. The number of hydrogen-bond donors (Lipinski definition) is 2. The smallest absolute Gasteiger partial charge is 0.346 e. The number of unbranched alkanes of at least 4 members (excludes halogenated alkanes) is 6. The lowest BCUT2D eigenvalue weighted by Crippen LogP contribution is -2.50. The van der Waals surface area contributed by atoms with Crippen LogP contribution in [0, 0.1) is 28.6 Å². The molecule has 6 rings (SSSR count). The van der Waals surface area contributed by atoms with Crippen LogP contribution in [0.15, 0.2) is 90.0 Å². The molecule has 58 heavy (non-hydrogen) atoms. The molecule has 0 spiro atoms. The van der Waals surface area contributed by atoms with Crippen molar-refractivity contribution in [3.63, 3.8) is 0 Å². The van der Waals surface area contributed by atoms with E-state index in [1.807, 2.05) is 18.2 Å². The van der Waals surface area contributed by atoms with Gasteiger partial charge in [-0.05, 0) is 102 Å². The summed E-state index contributed by atoms with van der Waals surface area (Å²) < 4.78 is 0. The molecular formula is C49H51N3O4S2. The number of para-hydroxylation sites is 1. The van der Waals surface area contributed by atoms with Gasteiger partial charge in [-0.2, -0.15) is 10.5 Å². The molecule has 2 aliphatic rings. The molecule has 2 atom stereocenters. The van der Waals surface area contributed by atoms with E-state index in [9.17, 15) is 30.3 Å². The Hall–Kier alpha value is -5.48. The Kier molecular flexibility index (Phi) is 13.7. The maximum atomic E-state index is 11.8. The average molecular weight is 810 g/mol. The van der Waals surface area contributed by atoms with Gasteiger partial charge in [0.15, 0.2) is 0 Å². The van der Waals surface area contributed by atoms with Gasteiger partial charge >= 0.3 is 11.9 Å². The quantitative estimate of drug-likeness (QED) is 0.0618. The van der Waals surface area contributed by atoms with Crippen molar-refractivity contribution >= 4 is 63.7 Å². The van der Waals surface area contributed by atoms with Gasteiger partial charge < -0.3 is 15.1 Å². The molecule has 0 radical (unpaired) electrons. The Labute approximate surface area is 350 Å². The maximum Gasteiger partial charge on any atom is 0.346 e. The highest BCUT2D eigenvalue weighted by atomic mass is 32.1. The molecule has 0 saturated heterocycles. The van der Waals surface area contributed by atoms with Crippen LogP contribution < -0.4 is 4.90 Å². The number of carboxylic acids is 2. The molecule has 1 aliphatic carbocycles. The Balaban J connectivity index is 1.48. The van der Waals surface area contributed by atoms with Crippen molar-refractivity contribution in [3.05, 3.63) is 121 Å². The maximum absolute atomic E-state index is 11.8. The number of nitrogens with zero attached hydrogens (tertiary/aromatic N) is 3. The molecule has 2 aromatic heterocycles. The zero-order valence-corrected chi connectivity index (χ0v) is 35.4. The predicted octanol–water partition coefficient (Wildman–Crippen LogP) is 12.8. The van der Waals surface area contributed by atoms with Crippen molar-refractivity contribution in [2.45, 2.75) is 103 Å². The number of allylic oxidation sites excluding steroid dienone is 2. The zero-order chi connectivity index (χ0) is 41.4. The first-order valence-corrected chi connectivity index (χ1v) is 22.0. The summed E-state index contributed by atoms with van der Waals surface area (Å²) in [7, 11) is 0. The summed E-state index contributed by atoms with van der Waals surface area (Å²) in [6.45, 7) is 9.04. The average Bonchev–Trinajstić information content (AvgIpc) is 3.83. The van der Waals surface area contributed by atoms with E-state index in [-0.39, 0.29) is 28.5 Å². The van der Waals surface area contributed by atoms with E-state index in [1.54, 1.807) is 11.3 Å². The third kappa shape index (κ3) is 9.12. The largest absolute Gasteiger partial charge is 0.477 e. The third-order valence-electron chi connectivity index (χ3n) is 11.4. The van der Waals surface area contributed by atoms with Crippen molar-refractivity contribution in [2.75, 3.05) is 4.90 Å². The zero-order valence-electron chi connectivity index (χ0n) is 33.8. The van der Waals surface area contributed by atoms with Gasteiger partial charge in [-0.25, -0.2) is 9.59 Å². The molecule has 0 bridgehead atoms. The number of anilines is 2. The standard InChI is InChI=1S/C49H51N3O4S2/c1-5-7-9-12-16-32-24-39(26-36(30-50)47(53)54)57-45(32)34-20-22-43-41(28-34)49(3,4)42-29-35(21-23-44(42)52(43)38-18-14-11-15-19-38)46-33(17-13-10-8-6-2)25-40(58-46)27-37(31-51)48(55)56/h11,14-15,18-29,41,43H,5-10,12-13,16-17H2,1-4H3,(H,53,54)(H,55,56)/b36-26+,37-27+. The van der Waals surface area contributed by atoms with E-state index < -0.39 is 11.9 Å². The first-order chi connectivity index (χ1) is 28.0. The first-order valence-electron chi connectivity index (χ1n) is 20.4. The molecule has 4 aromatic rings. The Morgan fingerprint density at radius 2 is 1.34 bits per heavy atom. The Morgan fingerprint density at radius 1 is 0.776 bits per heavy atom. The number of thiophene rings is 2. The monoisotopic (exact) mass is 809 g/mol. The summed E-state index contributed by atoms with van der Waals surface area (Å²) in [6.07, 6.45) is 20.6. The van der Waals surface area contributed by atoms with Gasteiger partial charge in [0.1, 0.15) is 23.3 Å². The summed E-state index contributed by atoms with van der Waals surface area (Å²) in [5, 5.41) is 38.3. The molecule has 7 nitrogen and oxygen atoms in total. The van der Waals surface area contributed by atoms with Crippen molar-refractivity contribution in [1.29, 1.82) is 10.5 Å². The van der Waals surface area contributed by atoms with Gasteiger partial charge in [0, 0.05) is 42.2 Å². The number of aliphatic carboxylic acids is 2. The lowest BCUT2D eigenvalue weighted by molar-refractivity contribution is -0.133. The van der Waals surface area contributed by atoms with Crippen molar-refractivity contribution in [1.82, 2.24) is 0 Å². The lowest BCUT2D eigenvalue weighted by Gasteiger charge is -2.51. The number of rotatable bonds is 17. The van der Waals surface area contributed by atoms with Gasteiger partial charge in [-0.1, -0.05) is 109 Å². The van der Waals surface area contributed by atoms with Gasteiger partial charge in [0.2, 0.25) is 0 Å². The van der Waals surface area contributed by atoms with Gasteiger partial charge in [-0.3, -0.25) is 0 Å². The molecule has 1 aliphatic heterocycles. The van der Waals surface area contributed by atoms with Crippen LogP contribution in [0.3, 0.4) is 0 Å². The molecule has 298 valence electrons. The van der Waals surface area contributed by atoms with Crippen LogP contribution in [0.2, 0.25) is 0 Å². The summed E-state index contributed by atoms with van der Waals surface area (Å²) in [6, 6.07) is 25.1. The normalized spacial score (nSPS) is 17.2. The Bertz CT molecular complexity index is 2360. The second-order valence-electron chi connectivity index (χ2n) is 15.7. The van der Waals surface area contributed by atoms with Crippen molar-refractivity contribution in [3.8, 4) is 22.6 Å². The minimum Gasteiger partial charge on any atom is -0.477 e. The highest BCUT2D eigenvalue weighted by Crippen LogP contribution is 2.53. The molecule has 2 unspecified atom stereocenters. The Morgan fingerprint density at radius 3 is 1.90 bits per heavy atom. The number of benzene rings is 2. The van der Waals surface area contributed by atoms with E-state index in [1.165, 1.54) is 40.2 Å². The van der Waals surface area contributed by atoms with Crippen LogP contribution in [0.4, 0.5) is 11.4 Å². The number of carbonyl (C=O) groups is 2. The van der Waals surface area contributed by atoms with Gasteiger partial charge in [0.25, 0.3) is 0 Å². The third-order valence-corrected chi connectivity index (χ3v) is 13.7. The molecule has 0 amide bonds. The van der Waals surface area contributed by atoms with Crippen LogP contribution in [-0.2, 0) is 27.8 Å². The van der Waals surface area contributed by atoms with Crippen LogP contribution in [0.1, 0.15) is 110 Å². The number of nitriles is 2. The number of fused-ring (bicyclic) bond motifs is 2. The van der Waals surface area contributed by atoms with Crippen molar-refractivity contribution in [2.24, 2.45) is 5.92 Å². The van der Waals surface area contributed by atoms with Crippen LogP contribution in [0.25, 0.3) is 28.2 Å². The van der Waals surface area contributed by atoms with E-state index >= 15 is 0 Å². The second-order valence-corrected chi connectivity index (χ2v) is 17.9. The molecule has 3 heterocycles. The van der Waals surface area contributed by atoms with E-state index in [0.717, 1.165) is 106 Å². The number of aryl methyl sites for hydroxylation is 2. The molecular weight excluding hydrogens is 759 g/mol. The fourth-order valence-electron chi connectivity index (χ4n) is 8.30. The molecule has 2 N–H and O–H groups in total. The van der Waals surface area contributed by atoms with Crippen LogP contribution >= 0.6 is 22.7 Å². The lowest BCUT2D eigenvalue weighted by atomic mass is 9.64. The first kappa shape index (κ1) is 42.1. The second kappa shape index (κ2) is 18.9. The summed E-state index contributed by atoms with van der Waals surface area (Å²) in [5.74, 6) is -2.40. The van der Waals surface area contributed by atoms with E-state index in [0.29, 0.717) is 0 Å². The fourth-order valence-corrected chi connectivity index (χ4v) is 10.6. The highest BCUT2D eigenvalue weighted by molar-refractivity contribution is 7.16. The minimum absolute atomic E-state index is 0.0251. The number of carboxylic acid groups (broad SMARTS) is 2. The van der Waals surface area contributed by atoms with Crippen LogP contribution in [0.5, 0.6) is 0 Å². The summed E-state index contributed by atoms with van der Waals surface area (Å²) >= 11 is 3.09. The topological polar surface area (TPSA) is 125 Å². The van der Waals surface area contributed by atoms with Gasteiger partial charge in [0.05, 0.1) is 6.04 Å². The predicted molar refractivity (Wildman–Crippen MR) is 238 cm³/mol. The minimum atomic E-state index is -1.23. The molecule has 2 aromatic carbocycles. The molecule has 9 heteroatoms. The van der Waals surface area contributed by atoms with Crippen molar-refractivity contribution < 1.29 is 19.8 Å². The summed E-state index contributed by atoms with van der Waals surface area (Å²) in [4.78, 5) is 29.8. The molecule has 0 saturated carbocycles. The highest BCUT2D eigenvalue weighted by Gasteiger charge is 2.46. The van der Waals surface area contributed by atoms with Crippen LogP contribution in [-0.4, -0.2) is 28.2 Å². The van der Waals surface area contributed by atoms with Gasteiger partial charge in [-0.15, -0.1) is 22.7 Å². The SMILES string of the molecule is CCCCCCc1cc(/C=C(\C#N)C(=O)O)sc1C1=CC2C(C=C1)N(c1ccccc1)c1ccc(-c3sc(/C=C(\C#N)C(=O)O)cc3CCCCCC)cc1C2(C)C. The van der Waals surface area contributed by atoms with E-state index in [2.05, 4.69) is 105 Å².